The van der Waals surface area contributed by atoms with Crippen molar-refractivity contribution in [3.63, 3.8) is 0 Å². The summed E-state index contributed by atoms with van der Waals surface area (Å²) in [6.45, 7) is 1.40. The molecule has 0 spiro atoms. The van der Waals surface area contributed by atoms with Crippen molar-refractivity contribution < 1.29 is 13.2 Å². The van der Waals surface area contributed by atoms with E-state index in [1.54, 1.807) is 0 Å². The number of rotatable bonds is 5. The number of alkyl halides is 3. The van der Waals surface area contributed by atoms with E-state index in [-0.39, 0.29) is 4.47 Å². The zero-order chi connectivity index (χ0) is 14.9. The lowest BCUT2D eigenvalue weighted by atomic mass is 10.1. The number of nitrogens with one attached hydrogen (secondary N) is 1. The maximum Gasteiger partial charge on any atom is 0.408 e. The summed E-state index contributed by atoms with van der Waals surface area (Å²) >= 11 is 3.04. The largest absolute Gasteiger partial charge is 0.408 e. The highest BCUT2D eigenvalue weighted by atomic mass is 79.9. The van der Waals surface area contributed by atoms with Crippen molar-refractivity contribution >= 4 is 21.6 Å². The maximum absolute atomic E-state index is 12.3. The van der Waals surface area contributed by atoms with Crippen molar-refractivity contribution in [3.8, 4) is 0 Å². The van der Waals surface area contributed by atoms with E-state index >= 15 is 0 Å². The number of hydrogen-bond acceptors (Lipinski definition) is 3. The minimum atomic E-state index is -4.47. The number of nitrogens with zero attached hydrogens (tertiary/aromatic N) is 2. The normalized spacial score (nSPS) is 17.1. The molecule has 1 aliphatic carbocycles. The highest BCUT2D eigenvalue weighted by Gasteiger charge is 2.30. The molecule has 1 N–H and O–H groups in total. The average Bonchev–Trinajstić information content (AvgIpc) is 3.16. The van der Waals surface area contributed by atoms with Crippen molar-refractivity contribution in [1.82, 2.24) is 9.78 Å². The van der Waals surface area contributed by atoms with Gasteiger partial charge in [-0.3, -0.25) is 4.79 Å². The van der Waals surface area contributed by atoms with E-state index in [0.29, 0.717) is 28.7 Å². The van der Waals surface area contributed by atoms with Gasteiger partial charge in [-0.1, -0.05) is 6.92 Å². The van der Waals surface area contributed by atoms with Crippen LogP contribution >= 0.6 is 15.9 Å². The second-order valence-electron chi connectivity index (χ2n) is 5.15. The zero-order valence-electron chi connectivity index (χ0n) is 10.9. The fourth-order valence-corrected chi connectivity index (χ4v) is 2.42. The van der Waals surface area contributed by atoms with Crippen LogP contribution in [0.4, 0.5) is 18.9 Å². The lowest BCUT2D eigenvalue weighted by molar-refractivity contribution is -0.143. The molecule has 4 nitrogen and oxygen atoms in total. The van der Waals surface area contributed by atoms with Crippen LogP contribution in [0.2, 0.25) is 0 Å². The van der Waals surface area contributed by atoms with E-state index in [1.165, 1.54) is 19.0 Å². The van der Waals surface area contributed by atoms with Gasteiger partial charge < -0.3 is 5.32 Å². The summed E-state index contributed by atoms with van der Waals surface area (Å²) in [5, 5.41) is 6.62. The first kappa shape index (κ1) is 15.3. The quantitative estimate of drug-likeness (QED) is 0.884. The number of aromatic nitrogens is 2. The molecule has 0 saturated heterocycles. The Balaban J connectivity index is 2.07. The highest BCUT2D eigenvalue weighted by Crippen LogP contribution is 2.36. The molecule has 1 saturated carbocycles. The molecule has 1 heterocycles. The molecule has 8 heteroatoms. The van der Waals surface area contributed by atoms with Crippen LogP contribution in [0.1, 0.15) is 19.8 Å². The van der Waals surface area contributed by atoms with E-state index in [0.717, 1.165) is 0 Å². The molecule has 1 atom stereocenters. The zero-order valence-corrected chi connectivity index (χ0v) is 12.5. The molecule has 1 aromatic heterocycles. The van der Waals surface area contributed by atoms with E-state index < -0.39 is 18.3 Å². The molecule has 20 heavy (non-hydrogen) atoms. The van der Waals surface area contributed by atoms with Gasteiger partial charge in [0.2, 0.25) is 0 Å². The van der Waals surface area contributed by atoms with Crippen molar-refractivity contribution in [2.45, 2.75) is 32.5 Å². The Hall–Kier alpha value is -1.05. The predicted octanol–water partition coefficient (Wildman–Crippen LogP) is 3.03. The van der Waals surface area contributed by atoms with Crippen molar-refractivity contribution in [3.05, 3.63) is 21.0 Å². The summed E-state index contributed by atoms with van der Waals surface area (Å²) in [6, 6.07) is 0. The summed E-state index contributed by atoms with van der Waals surface area (Å²) < 4.78 is 37.3. The third kappa shape index (κ3) is 3.97. The summed E-state index contributed by atoms with van der Waals surface area (Å²) in [5.74, 6) is 1.18. The van der Waals surface area contributed by atoms with Gasteiger partial charge in [0, 0.05) is 6.54 Å². The third-order valence-corrected chi connectivity index (χ3v) is 4.12. The van der Waals surface area contributed by atoms with E-state index in [4.69, 9.17) is 0 Å². The van der Waals surface area contributed by atoms with Gasteiger partial charge in [0.25, 0.3) is 5.56 Å². The monoisotopic (exact) mass is 353 g/mol. The second-order valence-corrected chi connectivity index (χ2v) is 5.94. The lowest BCUT2D eigenvalue weighted by Crippen LogP contribution is -2.31. The first-order valence-corrected chi connectivity index (χ1v) is 7.13. The van der Waals surface area contributed by atoms with Crippen LogP contribution in [0.3, 0.4) is 0 Å². The standard InChI is InChI=1S/C12H15BrF3N3O/c1-7(8-2-3-8)4-17-9-5-18-19(6-12(14,15)16)11(20)10(9)13/h5,7-8,17H,2-4,6H2,1H3. The van der Waals surface area contributed by atoms with Crippen molar-refractivity contribution in [2.24, 2.45) is 11.8 Å². The Labute approximate surface area is 122 Å². The smallest absolute Gasteiger partial charge is 0.382 e. The van der Waals surface area contributed by atoms with E-state index in [1.807, 2.05) is 0 Å². The second kappa shape index (κ2) is 5.75. The third-order valence-electron chi connectivity index (χ3n) is 3.36. The fraction of sp³-hybridized carbons (Fsp3) is 0.667. The minimum Gasteiger partial charge on any atom is -0.382 e. The van der Waals surface area contributed by atoms with Crippen LogP contribution in [-0.4, -0.2) is 22.5 Å². The molecule has 1 aromatic rings. The first-order chi connectivity index (χ1) is 9.28. The average molecular weight is 354 g/mol. The van der Waals surface area contributed by atoms with Gasteiger partial charge in [0.05, 0.1) is 11.9 Å². The predicted molar refractivity (Wildman–Crippen MR) is 72.6 cm³/mol. The molecule has 0 aromatic carbocycles. The van der Waals surface area contributed by atoms with Crippen LogP contribution in [0, 0.1) is 11.8 Å². The minimum absolute atomic E-state index is 0.0831. The van der Waals surface area contributed by atoms with Crippen LogP contribution in [-0.2, 0) is 6.54 Å². The molecule has 0 radical (unpaired) electrons. The van der Waals surface area contributed by atoms with Gasteiger partial charge in [-0.2, -0.15) is 18.3 Å². The molecule has 0 amide bonds. The van der Waals surface area contributed by atoms with Gasteiger partial charge in [-0.25, -0.2) is 4.68 Å². The molecule has 0 aliphatic heterocycles. The fourth-order valence-electron chi connectivity index (χ4n) is 1.97. The molecule has 2 rings (SSSR count). The van der Waals surface area contributed by atoms with Gasteiger partial charge in [-0.05, 0) is 40.6 Å². The Morgan fingerprint density at radius 3 is 2.75 bits per heavy atom. The highest BCUT2D eigenvalue weighted by molar-refractivity contribution is 9.10. The molecular weight excluding hydrogens is 339 g/mol. The van der Waals surface area contributed by atoms with Crippen molar-refractivity contribution in [1.29, 1.82) is 0 Å². The van der Waals surface area contributed by atoms with Gasteiger partial charge in [0.1, 0.15) is 11.0 Å². The van der Waals surface area contributed by atoms with Gasteiger partial charge >= 0.3 is 6.18 Å². The summed E-state index contributed by atoms with van der Waals surface area (Å²) in [5.41, 5.74) is -0.354. The van der Waals surface area contributed by atoms with Crippen molar-refractivity contribution in [2.75, 3.05) is 11.9 Å². The molecule has 1 fully saturated rings. The van der Waals surface area contributed by atoms with Crippen LogP contribution < -0.4 is 10.9 Å². The lowest BCUT2D eigenvalue weighted by Gasteiger charge is -2.14. The summed E-state index contributed by atoms with van der Waals surface area (Å²) in [4.78, 5) is 11.8. The maximum atomic E-state index is 12.3. The van der Waals surface area contributed by atoms with E-state index in [2.05, 4.69) is 33.3 Å². The topological polar surface area (TPSA) is 46.9 Å². The SMILES string of the molecule is CC(CNc1cnn(CC(F)(F)F)c(=O)c1Br)C1CC1. The molecule has 112 valence electrons. The summed E-state index contributed by atoms with van der Waals surface area (Å²) in [6.07, 6.45) is -0.784. The Bertz CT molecular complexity index is 540. The van der Waals surface area contributed by atoms with Crippen LogP contribution in [0.25, 0.3) is 0 Å². The Morgan fingerprint density at radius 1 is 1.55 bits per heavy atom. The number of hydrogen-bond donors (Lipinski definition) is 1. The number of halogens is 4. The Morgan fingerprint density at radius 2 is 2.20 bits per heavy atom. The molecule has 0 bridgehead atoms. The van der Waals surface area contributed by atoms with Crippen LogP contribution in [0.15, 0.2) is 15.5 Å². The van der Waals surface area contributed by atoms with Gasteiger partial charge in [0.15, 0.2) is 0 Å². The first-order valence-electron chi connectivity index (χ1n) is 6.34. The van der Waals surface area contributed by atoms with Crippen LogP contribution in [0.5, 0.6) is 0 Å². The van der Waals surface area contributed by atoms with E-state index in [9.17, 15) is 18.0 Å². The summed E-state index contributed by atoms with van der Waals surface area (Å²) in [7, 11) is 0. The molecule has 1 unspecified atom stereocenters. The molecule has 1 aliphatic rings. The molecular formula is C12H15BrF3N3O. The Kier molecular flexibility index (Phi) is 4.41. The van der Waals surface area contributed by atoms with Gasteiger partial charge in [-0.15, -0.1) is 0 Å². The number of anilines is 1.